The van der Waals surface area contributed by atoms with Crippen LogP contribution in [0, 0.1) is 5.82 Å². The van der Waals surface area contributed by atoms with Crippen LogP contribution in [0.15, 0.2) is 40.9 Å². The second-order valence-electron chi connectivity index (χ2n) is 7.90. The van der Waals surface area contributed by atoms with E-state index < -0.39 is 29.5 Å². The Morgan fingerprint density at radius 2 is 1.75 bits per heavy atom. The van der Waals surface area contributed by atoms with Gasteiger partial charge in [0.15, 0.2) is 0 Å². The van der Waals surface area contributed by atoms with Crippen LogP contribution >= 0.6 is 15.9 Å². The van der Waals surface area contributed by atoms with Gasteiger partial charge in [-0.2, -0.15) is 0 Å². The molecule has 0 aromatic heterocycles. The number of hydrogen-bond donors (Lipinski definition) is 1. The van der Waals surface area contributed by atoms with Crippen molar-refractivity contribution in [2.24, 2.45) is 0 Å². The summed E-state index contributed by atoms with van der Waals surface area (Å²) in [5.74, 6) is -0.398. The minimum atomic E-state index is -1.18. The van der Waals surface area contributed by atoms with Crippen LogP contribution < -0.4 is 14.8 Å². The lowest BCUT2D eigenvalue weighted by molar-refractivity contribution is -0.143. The second-order valence-corrected chi connectivity index (χ2v) is 8.75. The molecule has 174 valence electrons. The van der Waals surface area contributed by atoms with Crippen molar-refractivity contribution in [2.45, 2.75) is 45.4 Å². The molecule has 0 aliphatic heterocycles. The number of ether oxygens (including phenoxy) is 4. The van der Waals surface area contributed by atoms with Gasteiger partial charge >= 0.3 is 12.1 Å². The van der Waals surface area contributed by atoms with Gasteiger partial charge in [-0.05, 0) is 66.5 Å². The van der Waals surface area contributed by atoms with Gasteiger partial charge in [-0.25, -0.2) is 14.0 Å². The van der Waals surface area contributed by atoms with Crippen molar-refractivity contribution in [1.29, 1.82) is 0 Å². The number of esters is 1. The van der Waals surface area contributed by atoms with Crippen molar-refractivity contribution in [3.8, 4) is 11.5 Å². The van der Waals surface area contributed by atoms with Gasteiger partial charge in [-0.3, -0.25) is 0 Å². The number of halogens is 2. The summed E-state index contributed by atoms with van der Waals surface area (Å²) in [5.41, 5.74) is 0.182. The van der Waals surface area contributed by atoms with Crippen molar-refractivity contribution in [2.75, 3.05) is 14.2 Å². The van der Waals surface area contributed by atoms with E-state index in [4.69, 9.17) is 18.9 Å². The van der Waals surface area contributed by atoms with Crippen LogP contribution in [-0.2, 0) is 27.3 Å². The number of carbonyl (C=O) groups is 2. The van der Waals surface area contributed by atoms with Crippen molar-refractivity contribution >= 4 is 28.0 Å². The van der Waals surface area contributed by atoms with E-state index in [9.17, 15) is 14.0 Å². The van der Waals surface area contributed by atoms with Crippen LogP contribution in [-0.4, -0.2) is 37.9 Å². The van der Waals surface area contributed by atoms with Gasteiger partial charge in [0, 0.05) is 12.0 Å². The lowest BCUT2D eigenvalue weighted by atomic mass is 10.0. The maximum Gasteiger partial charge on any atom is 0.408 e. The zero-order chi connectivity index (χ0) is 23.9. The first-order valence-corrected chi connectivity index (χ1v) is 10.6. The largest absolute Gasteiger partial charge is 0.497 e. The Kier molecular flexibility index (Phi) is 8.89. The van der Waals surface area contributed by atoms with Gasteiger partial charge in [-0.15, -0.1) is 0 Å². The number of carbonyl (C=O) groups excluding carboxylic acids is 2. The molecule has 0 fully saturated rings. The Balaban J connectivity index is 2.26. The molecular formula is C23H27BrFNO6. The summed E-state index contributed by atoms with van der Waals surface area (Å²) in [6, 6.07) is 8.82. The van der Waals surface area contributed by atoms with Gasteiger partial charge in [0.1, 0.15) is 35.6 Å². The number of nitrogens with one attached hydrogen (secondary N) is 1. The van der Waals surface area contributed by atoms with Crippen molar-refractivity contribution in [3.05, 3.63) is 57.8 Å². The molecule has 1 N–H and O–H groups in total. The fourth-order valence-electron chi connectivity index (χ4n) is 2.79. The smallest absolute Gasteiger partial charge is 0.408 e. The molecular weight excluding hydrogens is 485 g/mol. The van der Waals surface area contributed by atoms with Crippen LogP contribution in [0.3, 0.4) is 0 Å². The van der Waals surface area contributed by atoms with Gasteiger partial charge in [0.25, 0.3) is 0 Å². The van der Waals surface area contributed by atoms with E-state index in [1.165, 1.54) is 19.2 Å². The van der Waals surface area contributed by atoms with E-state index in [1.54, 1.807) is 40.0 Å². The molecule has 0 radical (unpaired) electrons. The molecule has 0 unspecified atom stereocenters. The predicted molar refractivity (Wildman–Crippen MR) is 120 cm³/mol. The summed E-state index contributed by atoms with van der Waals surface area (Å²) in [4.78, 5) is 24.5. The number of amides is 1. The number of benzene rings is 2. The lowest BCUT2D eigenvalue weighted by Gasteiger charge is -2.23. The molecule has 7 nitrogen and oxygen atoms in total. The maximum absolute atomic E-state index is 14.8. The summed E-state index contributed by atoms with van der Waals surface area (Å²) in [6.45, 7) is 5.23. The first kappa shape index (κ1) is 25.5. The van der Waals surface area contributed by atoms with Gasteiger partial charge in [-0.1, -0.05) is 12.1 Å². The highest BCUT2D eigenvalue weighted by atomic mass is 79.9. The lowest BCUT2D eigenvalue weighted by Crippen LogP contribution is -2.45. The van der Waals surface area contributed by atoms with E-state index in [0.29, 0.717) is 10.2 Å². The first-order chi connectivity index (χ1) is 15.0. The molecule has 0 aliphatic carbocycles. The third-order valence-electron chi connectivity index (χ3n) is 4.28. The molecule has 0 saturated heterocycles. The molecule has 2 aromatic carbocycles. The second kappa shape index (κ2) is 11.2. The average Bonchev–Trinajstić information content (AvgIpc) is 2.73. The predicted octanol–water partition coefficient (Wildman–Crippen LogP) is 4.78. The quantitative estimate of drug-likeness (QED) is 0.513. The van der Waals surface area contributed by atoms with E-state index >= 15 is 0 Å². The molecule has 0 bridgehead atoms. The average molecular weight is 512 g/mol. The molecule has 0 spiro atoms. The molecule has 1 atom stereocenters. The van der Waals surface area contributed by atoms with Crippen LogP contribution in [0.5, 0.6) is 11.5 Å². The van der Waals surface area contributed by atoms with E-state index in [-0.39, 0.29) is 24.3 Å². The summed E-state index contributed by atoms with van der Waals surface area (Å²) in [7, 11) is 2.76. The highest BCUT2D eigenvalue weighted by molar-refractivity contribution is 9.10. The Labute approximate surface area is 195 Å². The standard InChI is InChI=1S/C23H27BrFNO6/c1-23(2,3)32-22(28)26-19(21(27)30-5)12-16-18(25)11-10-17(24)20(16)31-13-14-6-8-15(29-4)9-7-14/h6-11,19H,12-13H2,1-5H3,(H,26,28)/t19-/m0/s1. The third-order valence-corrected chi connectivity index (χ3v) is 4.91. The zero-order valence-corrected chi connectivity index (χ0v) is 20.2. The van der Waals surface area contributed by atoms with Crippen LogP contribution in [0.25, 0.3) is 0 Å². The zero-order valence-electron chi connectivity index (χ0n) is 18.7. The number of hydrogen-bond acceptors (Lipinski definition) is 6. The maximum atomic E-state index is 14.8. The van der Waals surface area contributed by atoms with Crippen molar-refractivity contribution in [1.82, 2.24) is 5.32 Å². The summed E-state index contributed by atoms with van der Waals surface area (Å²) < 4.78 is 36.3. The van der Waals surface area contributed by atoms with E-state index in [2.05, 4.69) is 21.2 Å². The van der Waals surface area contributed by atoms with E-state index in [1.807, 2.05) is 12.1 Å². The molecule has 2 rings (SSSR count). The normalized spacial score (nSPS) is 12.0. The SMILES string of the molecule is COC(=O)[C@H](Cc1c(F)ccc(Br)c1OCc1ccc(OC)cc1)NC(=O)OC(C)(C)C. The Hall–Kier alpha value is -2.81. The summed E-state index contributed by atoms with van der Waals surface area (Å²) in [6.07, 6.45) is -1.02. The minimum absolute atomic E-state index is 0.111. The van der Waals surface area contributed by atoms with Crippen LogP contribution in [0.2, 0.25) is 0 Å². The molecule has 0 heterocycles. The highest BCUT2D eigenvalue weighted by Gasteiger charge is 2.28. The molecule has 2 aromatic rings. The molecule has 1 amide bonds. The number of methoxy groups -OCH3 is 2. The van der Waals surface area contributed by atoms with Gasteiger partial charge in [0.05, 0.1) is 18.7 Å². The summed E-state index contributed by atoms with van der Waals surface area (Å²) in [5, 5.41) is 2.45. The fraction of sp³-hybridized carbons (Fsp3) is 0.391. The molecule has 9 heteroatoms. The summed E-state index contributed by atoms with van der Waals surface area (Å²) >= 11 is 3.37. The van der Waals surface area contributed by atoms with Gasteiger partial charge in [0.2, 0.25) is 0 Å². The topological polar surface area (TPSA) is 83.1 Å². The number of rotatable bonds is 8. The molecule has 32 heavy (non-hydrogen) atoms. The monoisotopic (exact) mass is 511 g/mol. The first-order valence-electron chi connectivity index (χ1n) is 9.84. The van der Waals surface area contributed by atoms with Gasteiger partial charge < -0.3 is 24.3 Å². The highest BCUT2D eigenvalue weighted by Crippen LogP contribution is 2.33. The van der Waals surface area contributed by atoms with Crippen LogP contribution in [0.1, 0.15) is 31.9 Å². The fourth-order valence-corrected chi connectivity index (χ4v) is 3.27. The third kappa shape index (κ3) is 7.40. The Bertz CT molecular complexity index is 943. The van der Waals surface area contributed by atoms with Crippen LogP contribution in [0.4, 0.5) is 9.18 Å². The molecule has 0 saturated carbocycles. The Morgan fingerprint density at radius 3 is 2.31 bits per heavy atom. The minimum Gasteiger partial charge on any atom is -0.497 e. The number of alkyl carbamates (subject to hydrolysis) is 1. The van der Waals surface area contributed by atoms with Crippen molar-refractivity contribution in [3.63, 3.8) is 0 Å². The van der Waals surface area contributed by atoms with Crippen molar-refractivity contribution < 1.29 is 32.9 Å². The molecule has 0 aliphatic rings. The Morgan fingerprint density at radius 1 is 1.09 bits per heavy atom. The van der Waals surface area contributed by atoms with E-state index in [0.717, 1.165) is 5.56 Å².